The average Bonchev–Trinajstić information content (AvgIpc) is 1.85. The Morgan fingerprint density at radius 2 is 2.11 bits per heavy atom. The van der Waals surface area contributed by atoms with Gasteiger partial charge in [-0.25, -0.2) is 0 Å². The monoisotopic (exact) mass is 128 g/mol. The Morgan fingerprint density at radius 1 is 1.44 bits per heavy atom. The van der Waals surface area contributed by atoms with E-state index in [4.69, 9.17) is 0 Å². The Hall–Kier alpha value is -0.700. The van der Waals surface area contributed by atoms with Crippen LogP contribution in [0.1, 0.15) is 6.42 Å². The molecule has 1 atom stereocenters. The fraction of sp³-hybridized carbons (Fsp3) is 0.500. The lowest BCUT2D eigenvalue weighted by Crippen LogP contribution is -2.28. The lowest BCUT2D eigenvalue weighted by Gasteiger charge is -2.04. The fourth-order valence-corrected chi connectivity index (χ4v) is 0.414. The third-order valence-corrected chi connectivity index (χ3v) is 0.871. The summed E-state index contributed by atoms with van der Waals surface area (Å²) in [5.41, 5.74) is 0. The minimum absolute atomic E-state index is 0.132. The molecule has 1 N–H and O–H groups in total. The van der Waals surface area contributed by atoms with E-state index in [9.17, 15) is 9.59 Å². The fourth-order valence-electron chi connectivity index (χ4n) is 0.414. The van der Waals surface area contributed by atoms with Gasteiger partial charge in [0.15, 0.2) is 0 Å². The van der Waals surface area contributed by atoms with Crippen molar-refractivity contribution in [2.75, 3.05) is 6.54 Å². The van der Waals surface area contributed by atoms with Crippen molar-refractivity contribution in [3.05, 3.63) is 6.92 Å². The number of nitrogens with one attached hydrogen (secondary N) is 1. The first-order chi connectivity index (χ1) is 4.31. The Balaban J connectivity index is 3.14. The van der Waals surface area contributed by atoms with E-state index in [1.165, 1.54) is 0 Å². The van der Waals surface area contributed by atoms with Gasteiger partial charge in [-0.15, -0.1) is 0 Å². The van der Waals surface area contributed by atoms with Crippen LogP contribution in [0, 0.1) is 6.92 Å². The van der Waals surface area contributed by atoms with E-state index in [0.717, 1.165) is 12.6 Å². The zero-order chi connectivity index (χ0) is 7.11. The van der Waals surface area contributed by atoms with Gasteiger partial charge >= 0.3 is 0 Å². The molecule has 0 rings (SSSR count). The van der Waals surface area contributed by atoms with Gasteiger partial charge in [0.2, 0.25) is 0 Å². The van der Waals surface area contributed by atoms with Crippen LogP contribution in [0.5, 0.6) is 0 Å². The van der Waals surface area contributed by atoms with Crippen LogP contribution in [0.15, 0.2) is 0 Å². The molecule has 0 aromatic rings. The Kier molecular flexibility index (Phi) is 5.01. The summed E-state index contributed by atoms with van der Waals surface area (Å²) in [7, 11) is 0. The quantitative estimate of drug-likeness (QED) is 0.511. The Morgan fingerprint density at radius 3 is 2.56 bits per heavy atom. The molecule has 9 heavy (non-hydrogen) atoms. The van der Waals surface area contributed by atoms with Gasteiger partial charge in [0.25, 0.3) is 0 Å². The number of carbonyl (C=O) groups excluding carboxylic acids is 2. The molecule has 0 aromatic heterocycles. The van der Waals surface area contributed by atoms with Crippen LogP contribution in [0.2, 0.25) is 0 Å². The standard InChI is InChI=1S/C6H10NO2/c1-6(2-4-8)7-3-5-9/h4-7H,1-3H2. The molecule has 0 aromatic carbocycles. The molecule has 0 aliphatic heterocycles. The van der Waals surface area contributed by atoms with Crippen LogP contribution in [0.25, 0.3) is 0 Å². The summed E-state index contributed by atoms with van der Waals surface area (Å²) in [4.78, 5) is 19.5. The highest BCUT2D eigenvalue weighted by molar-refractivity contribution is 5.53. The first kappa shape index (κ1) is 8.30. The second-order valence-electron chi connectivity index (χ2n) is 1.67. The Labute approximate surface area is 54.4 Å². The second kappa shape index (κ2) is 5.44. The van der Waals surface area contributed by atoms with Crippen LogP contribution >= 0.6 is 0 Å². The van der Waals surface area contributed by atoms with Crippen molar-refractivity contribution in [2.45, 2.75) is 12.5 Å². The zero-order valence-corrected chi connectivity index (χ0v) is 5.17. The van der Waals surface area contributed by atoms with E-state index < -0.39 is 0 Å². The Bertz CT molecular complexity index is 93.1. The van der Waals surface area contributed by atoms with Gasteiger partial charge in [-0.1, -0.05) is 0 Å². The van der Waals surface area contributed by atoms with Crippen molar-refractivity contribution in [2.24, 2.45) is 0 Å². The van der Waals surface area contributed by atoms with Crippen molar-refractivity contribution in [1.29, 1.82) is 0 Å². The van der Waals surface area contributed by atoms with Crippen LogP contribution in [0.3, 0.4) is 0 Å². The third kappa shape index (κ3) is 5.17. The molecule has 0 aliphatic carbocycles. The van der Waals surface area contributed by atoms with Gasteiger partial charge in [0, 0.05) is 12.5 Å². The van der Waals surface area contributed by atoms with E-state index in [0.29, 0.717) is 6.42 Å². The zero-order valence-electron chi connectivity index (χ0n) is 5.17. The van der Waals surface area contributed by atoms with Crippen molar-refractivity contribution < 1.29 is 9.59 Å². The largest absolute Gasteiger partial charge is 0.307 e. The highest BCUT2D eigenvalue weighted by atomic mass is 16.1. The number of hydrogen-bond donors (Lipinski definition) is 1. The first-order valence-corrected chi connectivity index (χ1v) is 2.75. The van der Waals surface area contributed by atoms with Crippen LogP contribution < -0.4 is 5.32 Å². The summed E-state index contributed by atoms with van der Waals surface area (Å²) in [5, 5.41) is 2.72. The summed E-state index contributed by atoms with van der Waals surface area (Å²) < 4.78 is 0. The molecule has 0 aliphatic rings. The molecular formula is C6H10NO2. The highest BCUT2D eigenvalue weighted by Crippen LogP contribution is 1.81. The molecule has 0 fully saturated rings. The third-order valence-electron chi connectivity index (χ3n) is 0.871. The maximum absolute atomic E-state index is 9.81. The summed E-state index contributed by atoms with van der Waals surface area (Å²) in [6, 6.07) is -0.132. The molecule has 0 saturated carbocycles. The smallest absolute Gasteiger partial charge is 0.133 e. The highest BCUT2D eigenvalue weighted by Gasteiger charge is 1.96. The SMILES string of the molecule is [CH2]C(CC=O)NCC=O. The van der Waals surface area contributed by atoms with Gasteiger partial charge in [0.05, 0.1) is 6.54 Å². The molecule has 51 valence electrons. The number of hydrogen-bond acceptors (Lipinski definition) is 3. The maximum atomic E-state index is 9.81. The summed E-state index contributed by atoms with van der Waals surface area (Å²) in [6.07, 6.45) is 1.87. The minimum Gasteiger partial charge on any atom is -0.307 e. The lowest BCUT2D eigenvalue weighted by molar-refractivity contribution is -0.109. The van der Waals surface area contributed by atoms with Crippen LogP contribution in [-0.2, 0) is 9.59 Å². The van der Waals surface area contributed by atoms with E-state index >= 15 is 0 Å². The van der Waals surface area contributed by atoms with Crippen molar-refractivity contribution in [3.8, 4) is 0 Å². The van der Waals surface area contributed by atoms with Gasteiger partial charge in [-0.2, -0.15) is 0 Å². The molecule has 1 radical (unpaired) electrons. The second-order valence-corrected chi connectivity index (χ2v) is 1.67. The number of carbonyl (C=O) groups is 2. The number of aldehydes is 2. The van der Waals surface area contributed by atoms with Gasteiger partial charge in [0.1, 0.15) is 12.6 Å². The van der Waals surface area contributed by atoms with Crippen molar-refractivity contribution >= 4 is 12.6 Å². The summed E-state index contributed by atoms with van der Waals surface area (Å²) >= 11 is 0. The molecule has 0 bridgehead atoms. The minimum atomic E-state index is -0.132. The van der Waals surface area contributed by atoms with Crippen LogP contribution in [-0.4, -0.2) is 25.2 Å². The maximum Gasteiger partial charge on any atom is 0.133 e. The van der Waals surface area contributed by atoms with Crippen molar-refractivity contribution in [3.63, 3.8) is 0 Å². The topological polar surface area (TPSA) is 46.2 Å². The predicted octanol–water partition coefficient (Wildman–Crippen LogP) is -0.433. The van der Waals surface area contributed by atoms with E-state index in [2.05, 4.69) is 12.2 Å². The van der Waals surface area contributed by atoms with E-state index in [1.807, 2.05) is 0 Å². The molecular weight excluding hydrogens is 118 g/mol. The molecule has 0 amide bonds. The van der Waals surface area contributed by atoms with Crippen molar-refractivity contribution in [1.82, 2.24) is 5.32 Å². The lowest BCUT2D eigenvalue weighted by atomic mass is 10.2. The number of rotatable bonds is 5. The molecule has 0 spiro atoms. The van der Waals surface area contributed by atoms with E-state index in [-0.39, 0.29) is 12.6 Å². The first-order valence-electron chi connectivity index (χ1n) is 2.75. The van der Waals surface area contributed by atoms with Gasteiger partial charge in [-0.3, -0.25) is 0 Å². The summed E-state index contributed by atoms with van der Waals surface area (Å²) in [6.45, 7) is 3.83. The molecule has 1 unspecified atom stereocenters. The molecule has 3 nitrogen and oxygen atoms in total. The predicted molar refractivity (Wildman–Crippen MR) is 33.9 cm³/mol. The molecule has 0 saturated heterocycles. The van der Waals surface area contributed by atoms with Gasteiger partial charge in [-0.05, 0) is 6.92 Å². The molecule has 0 heterocycles. The summed E-state index contributed by atoms with van der Waals surface area (Å²) in [5.74, 6) is 0. The normalized spacial score (nSPS) is 12.6. The van der Waals surface area contributed by atoms with Crippen LogP contribution in [0.4, 0.5) is 0 Å². The molecule has 3 heteroatoms. The average molecular weight is 128 g/mol. The van der Waals surface area contributed by atoms with E-state index in [1.54, 1.807) is 0 Å². The van der Waals surface area contributed by atoms with Gasteiger partial charge < -0.3 is 14.9 Å².